The Morgan fingerprint density at radius 2 is 0.759 bits per heavy atom. The minimum absolute atomic E-state index is 0.567. The molecule has 0 fully saturated rings. The highest BCUT2D eigenvalue weighted by Gasteiger charge is 2.47. The molecule has 0 unspecified atom stereocenters. The maximum atomic E-state index is 2.53. The van der Waals surface area contributed by atoms with Crippen molar-refractivity contribution in [1.29, 1.82) is 0 Å². The van der Waals surface area contributed by atoms with E-state index >= 15 is 0 Å². The van der Waals surface area contributed by atoms with Gasteiger partial charge in [0.05, 0.1) is 16.4 Å². The Bertz CT molecular complexity index is 3260. The molecule has 0 amide bonds. The van der Waals surface area contributed by atoms with Crippen molar-refractivity contribution in [2.75, 3.05) is 0 Å². The van der Waals surface area contributed by atoms with Gasteiger partial charge in [0.1, 0.15) is 0 Å². The fourth-order valence-corrected chi connectivity index (χ4v) is 10.3. The van der Waals surface area contributed by atoms with E-state index in [-0.39, 0.29) is 0 Å². The molecule has 0 bridgehead atoms. The number of hydrogen-bond acceptors (Lipinski definition) is 0. The molecule has 12 rings (SSSR count). The van der Waals surface area contributed by atoms with Crippen molar-refractivity contribution in [3.05, 3.63) is 247 Å². The molecule has 1 nitrogen and oxygen atoms in total. The van der Waals surface area contributed by atoms with E-state index in [2.05, 4.69) is 229 Å². The number of hydrogen-bond donors (Lipinski definition) is 0. The molecule has 0 radical (unpaired) electrons. The minimum atomic E-state index is -0.567. The Balaban J connectivity index is 1.22. The molecule has 0 N–H and O–H groups in total. The molecular formula is C57H37N. The van der Waals surface area contributed by atoms with Crippen LogP contribution in [-0.4, -0.2) is 4.57 Å². The molecule has 11 aromatic rings. The van der Waals surface area contributed by atoms with Crippen LogP contribution in [0.25, 0.3) is 82.4 Å². The third-order valence-corrected chi connectivity index (χ3v) is 12.6. The van der Waals surface area contributed by atoms with E-state index in [0.29, 0.717) is 0 Å². The van der Waals surface area contributed by atoms with Gasteiger partial charge in [0.25, 0.3) is 0 Å². The SMILES string of the molecule is c1ccc(-c2c3ccccc3c(-c3ccc4c(c3)C(c3ccccc3)(c3ccccc3)c3cc5c6ccccc6n(-c6ccccc6)c5cc3-4)c3ccccc23)cc1. The van der Waals surface area contributed by atoms with Crippen LogP contribution in [-0.2, 0) is 5.41 Å². The summed E-state index contributed by atoms with van der Waals surface area (Å²) in [6.45, 7) is 0. The Morgan fingerprint density at radius 3 is 1.34 bits per heavy atom. The van der Waals surface area contributed by atoms with Crippen molar-refractivity contribution in [3.8, 4) is 39.1 Å². The van der Waals surface area contributed by atoms with Gasteiger partial charge in [0, 0.05) is 16.5 Å². The van der Waals surface area contributed by atoms with Crippen molar-refractivity contribution >= 4 is 43.4 Å². The quantitative estimate of drug-likeness (QED) is 0.155. The van der Waals surface area contributed by atoms with Crippen LogP contribution in [0, 0.1) is 0 Å². The molecule has 58 heavy (non-hydrogen) atoms. The number of benzene rings is 10. The van der Waals surface area contributed by atoms with Crippen LogP contribution in [0.2, 0.25) is 0 Å². The first-order valence-electron chi connectivity index (χ1n) is 20.2. The summed E-state index contributed by atoms with van der Waals surface area (Å²) in [6, 6.07) is 83.2. The third-order valence-electron chi connectivity index (χ3n) is 12.6. The average molecular weight is 736 g/mol. The highest BCUT2D eigenvalue weighted by Crippen LogP contribution is 2.58. The van der Waals surface area contributed by atoms with E-state index in [0.717, 1.165) is 5.69 Å². The van der Waals surface area contributed by atoms with Gasteiger partial charge in [0.15, 0.2) is 0 Å². The highest BCUT2D eigenvalue weighted by atomic mass is 15.0. The van der Waals surface area contributed by atoms with Crippen molar-refractivity contribution in [2.45, 2.75) is 5.41 Å². The lowest BCUT2D eigenvalue weighted by molar-refractivity contribution is 0.770. The Kier molecular flexibility index (Phi) is 7.21. The van der Waals surface area contributed by atoms with Gasteiger partial charge in [-0.15, -0.1) is 0 Å². The highest BCUT2D eigenvalue weighted by molar-refractivity contribution is 6.21. The van der Waals surface area contributed by atoms with E-state index in [1.165, 1.54) is 99.0 Å². The standard InChI is InChI=1S/C57H37N/c1-5-19-38(20-6-1)55-45-28-13-15-30-47(45)56(48-31-16-14-29-46(48)55)39-33-34-43-49-37-54-50(44-27-17-18-32-53(44)58(54)42-25-11-4-12-26-42)36-52(49)57(51(43)35-39,40-21-7-2-8-22-40)41-23-9-3-10-24-41/h1-37H. The van der Waals surface area contributed by atoms with Crippen molar-refractivity contribution in [1.82, 2.24) is 4.57 Å². The average Bonchev–Trinajstić information content (AvgIpc) is 3.78. The number of aromatic nitrogens is 1. The van der Waals surface area contributed by atoms with Crippen LogP contribution < -0.4 is 0 Å². The van der Waals surface area contributed by atoms with Crippen LogP contribution >= 0.6 is 0 Å². The van der Waals surface area contributed by atoms with Crippen LogP contribution in [0.5, 0.6) is 0 Å². The van der Waals surface area contributed by atoms with E-state index in [4.69, 9.17) is 0 Å². The lowest BCUT2D eigenvalue weighted by Crippen LogP contribution is -2.28. The molecule has 0 spiro atoms. The lowest BCUT2D eigenvalue weighted by atomic mass is 9.67. The Hall–Kier alpha value is -7.48. The summed E-state index contributed by atoms with van der Waals surface area (Å²) in [7, 11) is 0. The zero-order valence-corrected chi connectivity index (χ0v) is 31.8. The Morgan fingerprint density at radius 1 is 0.293 bits per heavy atom. The molecule has 0 saturated carbocycles. The van der Waals surface area contributed by atoms with Gasteiger partial charge in [-0.1, -0.05) is 188 Å². The van der Waals surface area contributed by atoms with Gasteiger partial charge in [-0.3, -0.25) is 0 Å². The molecule has 0 aliphatic heterocycles. The second-order valence-corrected chi connectivity index (χ2v) is 15.6. The molecule has 1 aliphatic rings. The molecule has 1 heterocycles. The summed E-state index contributed by atoms with van der Waals surface area (Å²) in [6.07, 6.45) is 0. The maximum Gasteiger partial charge on any atom is 0.0714 e. The topological polar surface area (TPSA) is 4.93 Å². The zero-order valence-electron chi connectivity index (χ0n) is 31.8. The van der Waals surface area contributed by atoms with Crippen LogP contribution in [0.4, 0.5) is 0 Å². The van der Waals surface area contributed by atoms with E-state index in [9.17, 15) is 0 Å². The summed E-state index contributed by atoms with van der Waals surface area (Å²) in [5.41, 5.74) is 15.7. The number of nitrogens with zero attached hydrogens (tertiary/aromatic N) is 1. The molecule has 1 aromatic heterocycles. The lowest BCUT2D eigenvalue weighted by Gasteiger charge is -2.34. The predicted octanol–water partition coefficient (Wildman–Crippen LogP) is 14.8. The van der Waals surface area contributed by atoms with E-state index < -0.39 is 5.41 Å². The molecule has 0 saturated heterocycles. The van der Waals surface area contributed by atoms with Crippen LogP contribution in [0.1, 0.15) is 22.3 Å². The Labute approximate surface area is 337 Å². The summed E-state index contributed by atoms with van der Waals surface area (Å²) >= 11 is 0. The largest absolute Gasteiger partial charge is 0.309 e. The monoisotopic (exact) mass is 735 g/mol. The summed E-state index contributed by atoms with van der Waals surface area (Å²) in [4.78, 5) is 0. The second kappa shape index (κ2) is 12.8. The molecule has 1 heteroatoms. The minimum Gasteiger partial charge on any atom is -0.309 e. The van der Waals surface area contributed by atoms with Gasteiger partial charge < -0.3 is 4.57 Å². The maximum absolute atomic E-state index is 2.53. The number of rotatable bonds is 5. The fourth-order valence-electron chi connectivity index (χ4n) is 10.3. The smallest absolute Gasteiger partial charge is 0.0714 e. The first-order valence-corrected chi connectivity index (χ1v) is 20.2. The first kappa shape index (κ1) is 32.7. The molecule has 10 aromatic carbocycles. The van der Waals surface area contributed by atoms with Gasteiger partial charge in [0.2, 0.25) is 0 Å². The summed E-state index contributed by atoms with van der Waals surface area (Å²) < 4.78 is 2.44. The van der Waals surface area contributed by atoms with Gasteiger partial charge in [-0.25, -0.2) is 0 Å². The third kappa shape index (κ3) is 4.59. The van der Waals surface area contributed by atoms with Gasteiger partial charge >= 0.3 is 0 Å². The number of fused-ring (bicyclic) bond motifs is 8. The fraction of sp³-hybridized carbons (Fsp3) is 0.0175. The molecule has 1 aliphatic carbocycles. The zero-order chi connectivity index (χ0) is 38.2. The van der Waals surface area contributed by atoms with E-state index in [1.54, 1.807) is 0 Å². The van der Waals surface area contributed by atoms with Crippen molar-refractivity contribution in [2.24, 2.45) is 0 Å². The summed E-state index contributed by atoms with van der Waals surface area (Å²) in [5, 5.41) is 7.56. The predicted molar refractivity (Wildman–Crippen MR) is 244 cm³/mol. The number of para-hydroxylation sites is 2. The van der Waals surface area contributed by atoms with Crippen LogP contribution in [0.3, 0.4) is 0 Å². The summed E-state index contributed by atoms with van der Waals surface area (Å²) in [5.74, 6) is 0. The molecule has 0 atom stereocenters. The van der Waals surface area contributed by atoms with Crippen molar-refractivity contribution in [3.63, 3.8) is 0 Å². The second-order valence-electron chi connectivity index (χ2n) is 15.6. The van der Waals surface area contributed by atoms with Crippen LogP contribution in [0.15, 0.2) is 224 Å². The normalized spacial score (nSPS) is 13.0. The van der Waals surface area contributed by atoms with Gasteiger partial charge in [-0.2, -0.15) is 0 Å². The van der Waals surface area contributed by atoms with E-state index in [1.807, 2.05) is 0 Å². The van der Waals surface area contributed by atoms with Gasteiger partial charge in [-0.05, 0) is 114 Å². The molecular weight excluding hydrogens is 699 g/mol. The molecule has 270 valence electrons. The van der Waals surface area contributed by atoms with Crippen molar-refractivity contribution < 1.29 is 0 Å². The first-order chi connectivity index (χ1) is 28.8.